The SMILES string of the molecule is NS(=O)(=O)c1ccc(N2C(=O)CC(N(CC3CCCO3)C(=O)c3cccc([N+](=O)[O-])c3)C2=O)cc1. The molecule has 13 heteroatoms. The number of rotatable bonds is 7. The van der Waals surface area contributed by atoms with Crippen LogP contribution in [-0.4, -0.2) is 61.3 Å². The van der Waals surface area contributed by atoms with E-state index in [0.717, 1.165) is 17.4 Å². The lowest BCUT2D eigenvalue weighted by atomic mass is 10.1. The maximum absolute atomic E-state index is 13.4. The van der Waals surface area contributed by atoms with Crippen molar-refractivity contribution in [1.29, 1.82) is 0 Å². The van der Waals surface area contributed by atoms with Crippen molar-refractivity contribution in [2.45, 2.75) is 36.3 Å². The molecule has 2 atom stereocenters. The molecule has 0 aromatic heterocycles. The molecule has 12 nitrogen and oxygen atoms in total. The van der Waals surface area contributed by atoms with E-state index < -0.39 is 38.7 Å². The van der Waals surface area contributed by atoms with E-state index in [1.165, 1.54) is 47.4 Å². The zero-order valence-electron chi connectivity index (χ0n) is 18.4. The number of hydrogen-bond acceptors (Lipinski definition) is 8. The number of non-ortho nitro benzene ring substituents is 1. The van der Waals surface area contributed by atoms with Crippen LogP contribution in [0.2, 0.25) is 0 Å². The molecule has 2 unspecified atom stereocenters. The third kappa shape index (κ3) is 5.06. The zero-order chi connectivity index (χ0) is 25.3. The first-order chi connectivity index (χ1) is 16.6. The van der Waals surface area contributed by atoms with Gasteiger partial charge in [-0.25, -0.2) is 18.5 Å². The summed E-state index contributed by atoms with van der Waals surface area (Å²) in [7, 11) is -3.96. The van der Waals surface area contributed by atoms with Gasteiger partial charge in [-0.2, -0.15) is 0 Å². The summed E-state index contributed by atoms with van der Waals surface area (Å²) in [5.41, 5.74) is -0.138. The molecule has 0 aliphatic carbocycles. The Morgan fingerprint density at radius 1 is 1.20 bits per heavy atom. The third-order valence-electron chi connectivity index (χ3n) is 5.91. The van der Waals surface area contributed by atoms with E-state index in [0.29, 0.717) is 13.0 Å². The topological polar surface area (TPSA) is 170 Å². The molecular formula is C22H22N4O8S. The van der Waals surface area contributed by atoms with Gasteiger partial charge in [0.15, 0.2) is 0 Å². The van der Waals surface area contributed by atoms with Crippen LogP contribution in [0.3, 0.4) is 0 Å². The van der Waals surface area contributed by atoms with Gasteiger partial charge in [-0.05, 0) is 43.2 Å². The molecule has 2 N–H and O–H groups in total. The maximum atomic E-state index is 13.4. The van der Waals surface area contributed by atoms with Gasteiger partial charge < -0.3 is 9.64 Å². The number of nitrogens with two attached hydrogens (primary N) is 1. The Bertz CT molecular complexity index is 1290. The molecule has 2 aliphatic heterocycles. The second-order valence-corrected chi connectivity index (χ2v) is 9.79. The highest BCUT2D eigenvalue weighted by Gasteiger charge is 2.45. The Kier molecular flexibility index (Phi) is 6.65. The monoisotopic (exact) mass is 502 g/mol. The molecule has 0 radical (unpaired) electrons. The molecule has 0 saturated carbocycles. The van der Waals surface area contributed by atoms with E-state index in [-0.39, 0.29) is 40.9 Å². The molecule has 2 aromatic carbocycles. The quantitative estimate of drug-likeness (QED) is 0.334. The number of sulfonamides is 1. The van der Waals surface area contributed by atoms with Crippen molar-refractivity contribution >= 4 is 39.1 Å². The average Bonchev–Trinajstić information content (AvgIpc) is 3.44. The minimum absolute atomic E-state index is 0.00778. The Labute approximate surface area is 200 Å². The fourth-order valence-electron chi connectivity index (χ4n) is 4.19. The second-order valence-electron chi connectivity index (χ2n) is 8.23. The first-order valence-electron chi connectivity index (χ1n) is 10.7. The summed E-state index contributed by atoms with van der Waals surface area (Å²) in [5, 5.41) is 16.3. The van der Waals surface area contributed by atoms with Gasteiger partial charge in [0.2, 0.25) is 15.9 Å². The van der Waals surface area contributed by atoms with E-state index in [1.807, 2.05) is 0 Å². The van der Waals surface area contributed by atoms with Crippen LogP contribution >= 0.6 is 0 Å². The van der Waals surface area contributed by atoms with Crippen molar-refractivity contribution in [3.63, 3.8) is 0 Å². The van der Waals surface area contributed by atoms with E-state index in [2.05, 4.69) is 0 Å². The van der Waals surface area contributed by atoms with Gasteiger partial charge in [-0.1, -0.05) is 6.07 Å². The van der Waals surface area contributed by atoms with Gasteiger partial charge >= 0.3 is 0 Å². The second kappa shape index (κ2) is 9.52. The zero-order valence-corrected chi connectivity index (χ0v) is 19.2. The first kappa shape index (κ1) is 24.4. The molecule has 0 bridgehead atoms. The number of carbonyl (C=O) groups excluding carboxylic acids is 3. The molecule has 3 amide bonds. The molecule has 2 aromatic rings. The van der Waals surface area contributed by atoms with Gasteiger partial charge in [0, 0.05) is 30.8 Å². The highest BCUT2D eigenvalue weighted by molar-refractivity contribution is 7.89. The summed E-state index contributed by atoms with van der Waals surface area (Å²) in [5.74, 6) is -1.88. The van der Waals surface area contributed by atoms with Crippen LogP contribution in [0.15, 0.2) is 53.4 Å². The lowest BCUT2D eigenvalue weighted by Crippen LogP contribution is -2.48. The summed E-state index contributed by atoms with van der Waals surface area (Å²) in [6, 6.07) is 8.91. The lowest BCUT2D eigenvalue weighted by Gasteiger charge is -2.29. The number of imide groups is 1. The highest BCUT2D eigenvalue weighted by atomic mass is 32.2. The van der Waals surface area contributed by atoms with E-state index in [9.17, 15) is 32.9 Å². The van der Waals surface area contributed by atoms with Gasteiger partial charge in [0.1, 0.15) is 6.04 Å². The van der Waals surface area contributed by atoms with Gasteiger partial charge in [0.05, 0.1) is 28.0 Å². The van der Waals surface area contributed by atoms with Crippen molar-refractivity contribution in [1.82, 2.24) is 4.90 Å². The van der Waals surface area contributed by atoms with Gasteiger partial charge in [-0.15, -0.1) is 0 Å². The lowest BCUT2D eigenvalue weighted by molar-refractivity contribution is -0.384. The van der Waals surface area contributed by atoms with Gasteiger partial charge in [0.25, 0.3) is 17.5 Å². The number of nitro groups is 1. The fourth-order valence-corrected chi connectivity index (χ4v) is 4.71. The van der Waals surface area contributed by atoms with E-state index in [4.69, 9.17) is 9.88 Å². The van der Waals surface area contributed by atoms with Crippen molar-refractivity contribution in [3.8, 4) is 0 Å². The van der Waals surface area contributed by atoms with Crippen molar-refractivity contribution in [2.24, 2.45) is 5.14 Å². The summed E-state index contributed by atoms with van der Waals surface area (Å²) >= 11 is 0. The largest absolute Gasteiger partial charge is 0.376 e. The van der Waals surface area contributed by atoms with Crippen molar-refractivity contribution in [2.75, 3.05) is 18.1 Å². The molecule has 184 valence electrons. The van der Waals surface area contributed by atoms with Crippen LogP contribution in [0, 0.1) is 10.1 Å². The first-order valence-corrected chi connectivity index (χ1v) is 12.3. The number of benzene rings is 2. The Balaban J connectivity index is 1.65. The normalized spacial score (nSPS) is 20.3. The fraction of sp³-hybridized carbons (Fsp3) is 0.318. The minimum Gasteiger partial charge on any atom is -0.376 e. The number of primary sulfonamides is 1. The van der Waals surface area contributed by atoms with Crippen molar-refractivity contribution < 1.29 is 32.5 Å². The molecule has 2 fully saturated rings. The molecule has 35 heavy (non-hydrogen) atoms. The van der Waals surface area contributed by atoms with Crippen LogP contribution < -0.4 is 10.0 Å². The summed E-state index contributed by atoms with van der Waals surface area (Å²) in [6.07, 6.45) is 0.794. The minimum atomic E-state index is -3.96. The molecular weight excluding hydrogens is 480 g/mol. The van der Waals surface area contributed by atoms with Crippen LogP contribution in [0.4, 0.5) is 11.4 Å². The smallest absolute Gasteiger partial charge is 0.270 e. The average molecular weight is 503 g/mol. The third-order valence-corrected chi connectivity index (χ3v) is 6.84. The molecule has 2 saturated heterocycles. The van der Waals surface area contributed by atoms with E-state index in [1.54, 1.807) is 0 Å². The van der Waals surface area contributed by atoms with Crippen LogP contribution in [0.1, 0.15) is 29.6 Å². The number of hydrogen-bond donors (Lipinski definition) is 1. The molecule has 0 spiro atoms. The van der Waals surface area contributed by atoms with Crippen LogP contribution in [0.25, 0.3) is 0 Å². The molecule has 2 aliphatic rings. The summed E-state index contributed by atoms with van der Waals surface area (Å²) in [6.45, 7) is 0.535. The number of nitro benzene ring substituents is 1. The predicted molar refractivity (Wildman–Crippen MR) is 122 cm³/mol. The summed E-state index contributed by atoms with van der Waals surface area (Å²) in [4.78, 5) is 52.1. The highest BCUT2D eigenvalue weighted by Crippen LogP contribution is 2.29. The summed E-state index contributed by atoms with van der Waals surface area (Å²) < 4.78 is 28.6. The Morgan fingerprint density at radius 2 is 1.91 bits per heavy atom. The van der Waals surface area contributed by atoms with E-state index >= 15 is 0 Å². The van der Waals surface area contributed by atoms with Gasteiger partial charge in [-0.3, -0.25) is 24.5 Å². The Hall–Kier alpha value is -3.68. The molecule has 2 heterocycles. The Morgan fingerprint density at radius 3 is 2.51 bits per heavy atom. The number of carbonyl (C=O) groups is 3. The predicted octanol–water partition coefficient (Wildman–Crippen LogP) is 1.20. The molecule has 4 rings (SSSR count). The van der Waals surface area contributed by atoms with Crippen molar-refractivity contribution in [3.05, 3.63) is 64.2 Å². The standard InChI is InChI=1S/C22H22N4O8S/c23-35(32,33)18-8-6-15(7-9-18)25-20(27)12-19(22(25)29)24(13-17-5-2-10-34-17)21(28)14-3-1-4-16(11-14)26(30)31/h1,3-4,6-9,11,17,19H,2,5,10,12-13H2,(H2,23,32,33). The number of ether oxygens (including phenoxy) is 1. The number of amides is 3. The number of nitrogens with zero attached hydrogens (tertiary/aromatic N) is 3. The van der Waals surface area contributed by atoms with Crippen LogP contribution in [-0.2, 0) is 24.3 Å². The maximum Gasteiger partial charge on any atom is 0.270 e. The number of anilines is 1. The van der Waals surface area contributed by atoms with Crippen LogP contribution in [0.5, 0.6) is 0 Å².